The molecule has 0 fully saturated rings. The van der Waals surface area contributed by atoms with Crippen LogP contribution in [0.15, 0.2) is 0 Å². The van der Waals surface area contributed by atoms with E-state index in [1.807, 2.05) is 0 Å². The Labute approximate surface area is 61.8 Å². The summed E-state index contributed by atoms with van der Waals surface area (Å²) in [5, 5.41) is 0. The van der Waals surface area contributed by atoms with Gasteiger partial charge in [0.1, 0.15) is 0 Å². The quantitative estimate of drug-likeness (QED) is 0.532. The fourth-order valence-electron chi connectivity index (χ4n) is 0. The monoisotopic (exact) mass is 228 g/mol. The molecule has 0 unspecified atom stereocenters. The first kappa shape index (κ1) is 43.5. The Morgan fingerprint density at radius 2 is 1.00 bits per heavy atom. The van der Waals surface area contributed by atoms with Gasteiger partial charge < -0.3 is 0 Å². The molecule has 0 aliphatic heterocycles. The van der Waals surface area contributed by atoms with Crippen LogP contribution in [-0.4, -0.2) is 0 Å². The largest absolute Gasteiger partial charge is 0.0776 e. The molecule has 3 heteroatoms. The molecule has 0 heterocycles. The molecule has 0 amide bonds. The third kappa shape index (κ3) is 9.33. The molecule has 0 bridgehead atoms. The molecule has 4 heavy (non-hydrogen) atoms. The fourth-order valence-corrected chi connectivity index (χ4v) is 0. The maximum absolute atomic E-state index is 0. The van der Waals surface area contributed by atoms with E-state index in [0.717, 1.165) is 0 Å². The minimum absolute atomic E-state index is 0. The summed E-state index contributed by atoms with van der Waals surface area (Å²) in [6, 6.07) is 0. The molecule has 0 spiro atoms. The van der Waals surface area contributed by atoms with Crippen LogP contribution in [0, 0.1) is 0 Å². The maximum Gasteiger partial charge on any atom is 0 e. The SMILES string of the molecule is C.[Fe].[Mo].[Ni]. The third-order valence-corrected chi connectivity index (χ3v) is 0. The maximum atomic E-state index is 0. The normalized spacial score (nSPS) is 0. The third-order valence-electron chi connectivity index (χ3n) is 0. The first-order valence-corrected chi connectivity index (χ1v) is 0. The van der Waals surface area contributed by atoms with Crippen LogP contribution in [0.1, 0.15) is 7.43 Å². The van der Waals surface area contributed by atoms with Gasteiger partial charge in [-0.25, -0.2) is 0 Å². The summed E-state index contributed by atoms with van der Waals surface area (Å²) in [5.41, 5.74) is 0. The molecule has 0 nitrogen and oxygen atoms in total. The standard InChI is InChI=1S/CH4.Fe.Mo.Ni/h1H4;;;. The van der Waals surface area contributed by atoms with Crippen molar-refractivity contribution in [2.24, 2.45) is 0 Å². The van der Waals surface area contributed by atoms with Gasteiger partial charge in [-0.3, -0.25) is 0 Å². The van der Waals surface area contributed by atoms with Crippen LogP contribution in [0.5, 0.6) is 0 Å². The molecule has 32 valence electrons. The topological polar surface area (TPSA) is 0 Å². The first-order chi connectivity index (χ1) is 0. The molecular formula is CH4FeMoNi. The van der Waals surface area contributed by atoms with E-state index in [2.05, 4.69) is 0 Å². The van der Waals surface area contributed by atoms with E-state index in [4.69, 9.17) is 0 Å². The Morgan fingerprint density at radius 3 is 1.00 bits per heavy atom. The molecule has 0 aromatic rings. The van der Waals surface area contributed by atoms with Crippen LogP contribution in [-0.2, 0) is 54.6 Å². The van der Waals surface area contributed by atoms with Crippen molar-refractivity contribution in [3.05, 3.63) is 0 Å². The van der Waals surface area contributed by atoms with Crippen molar-refractivity contribution in [3.8, 4) is 0 Å². The van der Waals surface area contributed by atoms with Crippen LogP contribution in [0.2, 0.25) is 0 Å². The number of hydrogen-bond acceptors (Lipinski definition) is 0. The number of rotatable bonds is 0. The van der Waals surface area contributed by atoms with E-state index in [9.17, 15) is 0 Å². The second-order valence-corrected chi connectivity index (χ2v) is 0. The van der Waals surface area contributed by atoms with Crippen molar-refractivity contribution >= 4 is 0 Å². The molecule has 0 N–H and O–H groups in total. The van der Waals surface area contributed by atoms with Crippen molar-refractivity contribution in [2.45, 2.75) is 7.43 Å². The van der Waals surface area contributed by atoms with Crippen LogP contribution >= 0.6 is 0 Å². The summed E-state index contributed by atoms with van der Waals surface area (Å²) in [6.07, 6.45) is 0. The van der Waals surface area contributed by atoms with Crippen molar-refractivity contribution < 1.29 is 54.6 Å². The summed E-state index contributed by atoms with van der Waals surface area (Å²) in [7, 11) is 0. The Balaban J connectivity index is 0. The van der Waals surface area contributed by atoms with E-state index in [0.29, 0.717) is 0 Å². The van der Waals surface area contributed by atoms with E-state index in [1.165, 1.54) is 0 Å². The van der Waals surface area contributed by atoms with Gasteiger partial charge in [0.15, 0.2) is 0 Å². The second-order valence-electron chi connectivity index (χ2n) is 0. The molecule has 0 aliphatic rings. The minimum Gasteiger partial charge on any atom is -0.0776 e. The van der Waals surface area contributed by atoms with Crippen LogP contribution in [0.25, 0.3) is 0 Å². The van der Waals surface area contributed by atoms with Crippen molar-refractivity contribution in [1.29, 1.82) is 0 Å². The summed E-state index contributed by atoms with van der Waals surface area (Å²) in [5.74, 6) is 0. The van der Waals surface area contributed by atoms with Gasteiger partial charge in [0.2, 0.25) is 0 Å². The summed E-state index contributed by atoms with van der Waals surface area (Å²) >= 11 is 0. The molecule has 0 saturated heterocycles. The molecule has 0 aliphatic carbocycles. The zero-order valence-electron chi connectivity index (χ0n) is 1.08. The molecule has 0 aromatic heterocycles. The van der Waals surface area contributed by atoms with E-state index in [-0.39, 0.29) is 62.1 Å². The average molecular weight is 227 g/mol. The van der Waals surface area contributed by atoms with Gasteiger partial charge in [-0.15, -0.1) is 0 Å². The van der Waals surface area contributed by atoms with Crippen LogP contribution in [0.3, 0.4) is 0 Å². The molecule has 0 saturated carbocycles. The number of hydrogen-bond donors (Lipinski definition) is 0. The summed E-state index contributed by atoms with van der Waals surface area (Å²) < 4.78 is 0. The summed E-state index contributed by atoms with van der Waals surface area (Å²) in [6.45, 7) is 0. The molecule has 0 rings (SSSR count). The van der Waals surface area contributed by atoms with Gasteiger partial charge in [-0.2, -0.15) is 0 Å². The molecular weight excluding hydrogens is 222 g/mol. The first-order valence-electron chi connectivity index (χ1n) is 0. The van der Waals surface area contributed by atoms with Crippen LogP contribution < -0.4 is 0 Å². The van der Waals surface area contributed by atoms with Crippen molar-refractivity contribution in [2.75, 3.05) is 0 Å². The van der Waals surface area contributed by atoms with E-state index in [1.54, 1.807) is 0 Å². The fraction of sp³-hybridized carbons (Fsp3) is 1.00. The van der Waals surface area contributed by atoms with Gasteiger partial charge in [-0.05, 0) is 0 Å². The second kappa shape index (κ2) is 22.3. The molecule has 0 radical (unpaired) electrons. The zero-order valence-corrected chi connectivity index (χ0v) is 5.18. The Morgan fingerprint density at radius 1 is 1.00 bits per heavy atom. The van der Waals surface area contributed by atoms with Gasteiger partial charge in [0.25, 0.3) is 0 Å². The summed E-state index contributed by atoms with van der Waals surface area (Å²) in [4.78, 5) is 0. The van der Waals surface area contributed by atoms with Gasteiger partial charge in [-0.1, -0.05) is 7.43 Å². The minimum atomic E-state index is 0. The average Bonchev–Trinajstić information content (AvgIpc) is 0. The van der Waals surface area contributed by atoms with E-state index < -0.39 is 0 Å². The van der Waals surface area contributed by atoms with Gasteiger partial charge >= 0.3 is 0 Å². The Bertz CT molecular complexity index is 8.00. The van der Waals surface area contributed by atoms with Crippen LogP contribution in [0.4, 0.5) is 0 Å². The predicted molar refractivity (Wildman–Crippen MR) is 6.73 cm³/mol. The van der Waals surface area contributed by atoms with Gasteiger partial charge in [0.05, 0.1) is 0 Å². The molecule has 0 aromatic carbocycles. The zero-order chi connectivity index (χ0) is 0. The predicted octanol–water partition coefficient (Wildman–Crippen LogP) is 0.629. The van der Waals surface area contributed by atoms with E-state index >= 15 is 0 Å². The van der Waals surface area contributed by atoms with Gasteiger partial charge in [0, 0.05) is 54.6 Å². The molecule has 0 atom stereocenters. The van der Waals surface area contributed by atoms with Crippen molar-refractivity contribution in [1.82, 2.24) is 0 Å². The Hall–Kier alpha value is 1.70. The smallest absolute Gasteiger partial charge is 0 e. The van der Waals surface area contributed by atoms with Crippen molar-refractivity contribution in [3.63, 3.8) is 0 Å². The Kier molecular flexibility index (Phi) is 242.